The van der Waals surface area contributed by atoms with Crippen molar-refractivity contribution >= 4 is 5.97 Å². The van der Waals surface area contributed by atoms with Crippen LogP contribution in [-0.2, 0) is 4.79 Å². The average Bonchev–Trinajstić information content (AvgIpc) is 2.93. The van der Waals surface area contributed by atoms with Crippen LogP contribution in [0.15, 0.2) is 0 Å². The van der Waals surface area contributed by atoms with Crippen LogP contribution in [0.1, 0.15) is 64.7 Å². The Labute approximate surface area is 129 Å². The van der Waals surface area contributed by atoms with Crippen molar-refractivity contribution in [2.75, 3.05) is 26.7 Å². The highest BCUT2D eigenvalue weighted by molar-refractivity contribution is 5.78. The predicted molar refractivity (Wildman–Crippen MR) is 85.5 cm³/mol. The minimum Gasteiger partial charge on any atom is -0.480 e. The van der Waals surface area contributed by atoms with Crippen LogP contribution < -0.4 is 5.32 Å². The molecule has 1 heterocycles. The first-order valence-electron chi connectivity index (χ1n) is 8.64. The standard InChI is InChI=1S/C17H32N2O2/c1-16(18-2,15(20)21)7-5-6-12-19-13-10-17(11-14-19)8-3-4-9-17/h18H,3-14H2,1-2H3,(H,20,21). The van der Waals surface area contributed by atoms with Gasteiger partial charge in [0, 0.05) is 0 Å². The van der Waals surface area contributed by atoms with E-state index in [0.717, 1.165) is 19.4 Å². The number of likely N-dealkylation sites (N-methyl/N-ethyl adjacent to an activating group) is 1. The Morgan fingerprint density at radius 1 is 1.19 bits per heavy atom. The number of nitrogens with one attached hydrogen (secondary N) is 1. The van der Waals surface area contributed by atoms with E-state index >= 15 is 0 Å². The van der Waals surface area contributed by atoms with E-state index in [2.05, 4.69) is 10.2 Å². The van der Waals surface area contributed by atoms with Crippen LogP contribution in [0.4, 0.5) is 0 Å². The number of likely N-dealkylation sites (tertiary alicyclic amines) is 1. The molecule has 0 bridgehead atoms. The van der Waals surface area contributed by atoms with Gasteiger partial charge in [0.15, 0.2) is 0 Å². The molecule has 1 atom stereocenters. The van der Waals surface area contributed by atoms with Gasteiger partial charge in [-0.1, -0.05) is 12.8 Å². The molecule has 2 rings (SSSR count). The Kier molecular flexibility index (Phi) is 5.67. The molecule has 1 spiro atoms. The monoisotopic (exact) mass is 296 g/mol. The summed E-state index contributed by atoms with van der Waals surface area (Å²) in [5, 5.41) is 12.2. The first-order valence-corrected chi connectivity index (χ1v) is 8.64. The van der Waals surface area contributed by atoms with Crippen molar-refractivity contribution in [2.24, 2.45) is 5.41 Å². The van der Waals surface area contributed by atoms with Gasteiger partial charge < -0.3 is 15.3 Å². The zero-order valence-corrected chi connectivity index (χ0v) is 13.8. The number of hydrogen-bond donors (Lipinski definition) is 2. The molecule has 1 aliphatic heterocycles. The maximum Gasteiger partial charge on any atom is 0.323 e. The summed E-state index contributed by atoms with van der Waals surface area (Å²) < 4.78 is 0. The highest BCUT2D eigenvalue weighted by Gasteiger charge is 2.36. The fourth-order valence-corrected chi connectivity index (χ4v) is 4.03. The fraction of sp³-hybridized carbons (Fsp3) is 0.941. The van der Waals surface area contributed by atoms with E-state index in [1.54, 1.807) is 14.0 Å². The van der Waals surface area contributed by atoms with Gasteiger partial charge in [-0.2, -0.15) is 0 Å². The SMILES string of the molecule is CNC(C)(CCCCN1CCC2(CCCC2)CC1)C(=O)O. The number of unbranched alkanes of at least 4 members (excludes halogenated alkanes) is 1. The minimum atomic E-state index is -0.768. The second kappa shape index (κ2) is 7.10. The molecule has 0 radical (unpaired) electrons. The molecule has 4 nitrogen and oxygen atoms in total. The van der Waals surface area contributed by atoms with E-state index in [1.165, 1.54) is 51.6 Å². The molecular formula is C17H32N2O2. The molecule has 2 aliphatic rings. The lowest BCUT2D eigenvalue weighted by Crippen LogP contribution is -2.47. The zero-order chi connectivity index (χ0) is 15.3. The topological polar surface area (TPSA) is 52.6 Å². The normalized spacial score (nSPS) is 25.0. The van der Waals surface area contributed by atoms with E-state index in [-0.39, 0.29) is 0 Å². The van der Waals surface area contributed by atoms with Crippen LogP contribution in [0.5, 0.6) is 0 Å². The van der Waals surface area contributed by atoms with Crippen LogP contribution in [0.25, 0.3) is 0 Å². The first-order chi connectivity index (χ1) is 10.00. The van der Waals surface area contributed by atoms with Crippen LogP contribution >= 0.6 is 0 Å². The third-order valence-electron chi connectivity index (χ3n) is 6.01. The summed E-state index contributed by atoms with van der Waals surface area (Å²) in [6.45, 7) is 5.42. The molecule has 0 aromatic carbocycles. The largest absolute Gasteiger partial charge is 0.480 e. The lowest BCUT2D eigenvalue weighted by Gasteiger charge is -2.39. The van der Waals surface area contributed by atoms with Gasteiger partial charge in [0.05, 0.1) is 0 Å². The maximum atomic E-state index is 11.2. The summed E-state index contributed by atoms with van der Waals surface area (Å²) in [7, 11) is 1.74. The van der Waals surface area contributed by atoms with E-state index in [0.29, 0.717) is 11.8 Å². The third-order valence-corrected chi connectivity index (χ3v) is 6.01. The Balaban J connectivity index is 1.63. The average molecular weight is 296 g/mol. The molecular weight excluding hydrogens is 264 g/mol. The molecule has 0 aromatic heterocycles. The smallest absolute Gasteiger partial charge is 0.323 e. The van der Waals surface area contributed by atoms with Crippen LogP contribution in [0.3, 0.4) is 0 Å². The lowest BCUT2D eigenvalue weighted by atomic mass is 9.77. The minimum absolute atomic E-state index is 0.699. The highest BCUT2D eigenvalue weighted by Crippen LogP contribution is 2.46. The summed E-state index contributed by atoms with van der Waals surface area (Å²) in [5.41, 5.74) is -0.0691. The summed E-state index contributed by atoms with van der Waals surface area (Å²) in [6.07, 6.45) is 11.4. The number of aliphatic carboxylic acids is 1. The number of rotatable bonds is 7. The molecule has 1 unspecified atom stereocenters. The van der Waals surface area contributed by atoms with Crippen molar-refractivity contribution in [3.05, 3.63) is 0 Å². The second-order valence-corrected chi connectivity index (χ2v) is 7.39. The zero-order valence-electron chi connectivity index (χ0n) is 13.8. The quantitative estimate of drug-likeness (QED) is 0.709. The van der Waals surface area contributed by atoms with Gasteiger partial charge in [0.2, 0.25) is 0 Å². The maximum absolute atomic E-state index is 11.2. The van der Waals surface area contributed by atoms with Crippen molar-refractivity contribution in [1.29, 1.82) is 0 Å². The Morgan fingerprint density at radius 3 is 2.33 bits per heavy atom. The van der Waals surface area contributed by atoms with Crippen molar-refractivity contribution in [3.8, 4) is 0 Å². The molecule has 122 valence electrons. The summed E-state index contributed by atoms with van der Waals surface area (Å²) in [6, 6.07) is 0. The van der Waals surface area contributed by atoms with Gasteiger partial charge in [-0.3, -0.25) is 4.79 Å². The second-order valence-electron chi connectivity index (χ2n) is 7.39. The number of carboxylic acids is 1. The van der Waals surface area contributed by atoms with E-state index in [9.17, 15) is 9.90 Å². The number of hydrogen-bond acceptors (Lipinski definition) is 3. The summed E-state index contributed by atoms with van der Waals surface area (Å²) in [5.74, 6) is -0.744. The van der Waals surface area contributed by atoms with Crippen molar-refractivity contribution in [3.63, 3.8) is 0 Å². The Hall–Kier alpha value is -0.610. The van der Waals surface area contributed by atoms with Crippen LogP contribution in [-0.4, -0.2) is 48.2 Å². The first kappa shape index (κ1) is 16.8. The fourth-order valence-electron chi connectivity index (χ4n) is 4.03. The van der Waals surface area contributed by atoms with Gasteiger partial charge in [-0.25, -0.2) is 0 Å². The highest BCUT2D eigenvalue weighted by atomic mass is 16.4. The molecule has 4 heteroatoms. The number of piperidine rings is 1. The van der Waals surface area contributed by atoms with E-state index in [1.807, 2.05) is 0 Å². The molecule has 21 heavy (non-hydrogen) atoms. The third kappa shape index (κ3) is 4.19. The predicted octanol–water partition coefficient (Wildman–Crippen LogP) is 2.88. The molecule has 1 aliphatic carbocycles. The number of carbonyl (C=O) groups is 1. The molecule has 0 amide bonds. The van der Waals surface area contributed by atoms with Crippen molar-refractivity contribution in [1.82, 2.24) is 10.2 Å². The molecule has 2 N–H and O–H groups in total. The molecule has 1 saturated carbocycles. The van der Waals surface area contributed by atoms with Crippen molar-refractivity contribution < 1.29 is 9.90 Å². The number of nitrogens with zero attached hydrogens (tertiary/aromatic N) is 1. The molecule has 0 aromatic rings. The Bertz CT molecular complexity index is 343. The van der Waals surface area contributed by atoms with Gasteiger partial charge in [-0.15, -0.1) is 0 Å². The van der Waals surface area contributed by atoms with Gasteiger partial charge in [0.1, 0.15) is 5.54 Å². The Morgan fingerprint density at radius 2 is 1.81 bits per heavy atom. The van der Waals surface area contributed by atoms with Gasteiger partial charge in [0.25, 0.3) is 0 Å². The van der Waals surface area contributed by atoms with Crippen LogP contribution in [0, 0.1) is 5.41 Å². The van der Waals surface area contributed by atoms with Gasteiger partial charge >= 0.3 is 5.97 Å². The molecule has 2 fully saturated rings. The number of carboxylic acid groups (broad SMARTS) is 1. The van der Waals surface area contributed by atoms with Gasteiger partial charge in [-0.05, 0) is 84.0 Å². The molecule has 1 saturated heterocycles. The van der Waals surface area contributed by atoms with Crippen molar-refractivity contribution in [2.45, 2.75) is 70.3 Å². The van der Waals surface area contributed by atoms with Crippen LogP contribution in [0.2, 0.25) is 0 Å². The summed E-state index contributed by atoms with van der Waals surface area (Å²) >= 11 is 0. The van der Waals surface area contributed by atoms with E-state index < -0.39 is 11.5 Å². The lowest BCUT2D eigenvalue weighted by molar-refractivity contribution is -0.144. The summed E-state index contributed by atoms with van der Waals surface area (Å²) in [4.78, 5) is 13.8. The van der Waals surface area contributed by atoms with E-state index in [4.69, 9.17) is 0 Å².